The number of benzene rings is 2. The van der Waals surface area contributed by atoms with Gasteiger partial charge in [-0.1, -0.05) is 18.2 Å². The van der Waals surface area contributed by atoms with Crippen LogP contribution in [-0.4, -0.2) is 79.8 Å². The highest BCUT2D eigenvalue weighted by atomic mass is 16.5. The van der Waals surface area contributed by atoms with Crippen LogP contribution in [0.15, 0.2) is 52.4 Å². The molecule has 1 fully saturated rings. The number of fused-ring (bicyclic) bond motifs is 2. The Bertz CT molecular complexity index is 1190. The number of anilines is 1. The first-order chi connectivity index (χ1) is 17.3. The molecule has 8 heteroatoms. The first kappa shape index (κ1) is 24.6. The van der Waals surface area contributed by atoms with Gasteiger partial charge in [0.25, 0.3) is 0 Å². The van der Waals surface area contributed by atoms with Crippen LogP contribution in [0.3, 0.4) is 0 Å². The molecular weight excluding hydrogens is 454 g/mol. The highest BCUT2D eigenvalue weighted by Crippen LogP contribution is 2.47. The molecule has 3 heterocycles. The van der Waals surface area contributed by atoms with Crippen molar-refractivity contribution in [3.8, 4) is 5.75 Å². The van der Waals surface area contributed by atoms with Crippen molar-refractivity contribution >= 4 is 29.2 Å². The monoisotopic (exact) mass is 489 g/mol. The van der Waals surface area contributed by atoms with E-state index in [4.69, 9.17) is 9.73 Å². The Hall–Kier alpha value is -3.07. The lowest BCUT2D eigenvalue weighted by atomic mass is 9.80. The van der Waals surface area contributed by atoms with Gasteiger partial charge in [0.1, 0.15) is 12.0 Å². The van der Waals surface area contributed by atoms with Gasteiger partial charge in [0.15, 0.2) is 0 Å². The van der Waals surface area contributed by atoms with E-state index in [1.165, 1.54) is 0 Å². The Labute approximate surface area is 212 Å². The molecule has 5 rings (SSSR count). The van der Waals surface area contributed by atoms with Crippen LogP contribution in [-0.2, 0) is 10.3 Å². The summed E-state index contributed by atoms with van der Waals surface area (Å²) in [5, 5.41) is 13.4. The van der Waals surface area contributed by atoms with Crippen molar-refractivity contribution in [2.75, 3.05) is 46.2 Å². The first-order valence-corrected chi connectivity index (χ1v) is 12.5. The fraction of sp³-hybridized carbons (Fsp3) is 0.464. The van der Waals surface area contributed by atoms with E-state index in [1.807, 2.05) is 43.3 Å². The summed E-state index contributed by atoms with van der Waals surface area (Å²) in [4.78, 5) is 26.1. The SMILES string of the molecule is COc1ccc2c(c1)N=C(c1ccc(NC(O)CN(C)C)cc1)CC2(C)N1CC2CC=NC(=O)C2C1. The normalized spacial score (nSPS) is 26.4. The van der Waals surface area contributed by atoms with Crippen LogP contribution in [0, 0.1) is 11.8 Å². The number of amides is 1. The molecule has 2 aromatic rings. The van der Waals surface area contributed by atoms with Gasteiger partial charge in [0, 0.05) is 44.0 Å². The molecule has 0 saturated carbocycles. The molecule has 190 valence electrons. The number of nitrogens with zero attached hydrogens (tertiary/aromatic N) is 4. The zero-order valence-corrected chi connectivity index (χ0v) is 21.4. The van der Waals surface area contributed by atoms with E-state index < -0.39 is 6.23 Å². The minimum absolute atomic E-state index is 0.0107. The lowest BCUT2D eigenvalue weighted by Crippen LogP contribution is -2.46. The molecule has 0 aliphatic carbocycles. The minimum atomic E-state index is -0.647. The molecule has 8 nitrogen and oxygen atoms in total. The van der Waals surface area contributed by atoms with Crippen LogP contribution in [0.25, 0.3) is 0 Å². The van der Waals surface area contributed by atoms with Crippen molar-refractivity contribution in [2.45, 2.75) is 31.5 Å². The van der Waals surface area contributed by atoms with Gasteiger partial charge >= 0.3 is 0 Å². The Kier molecular flexibility index (Phi) is 6.68. The molecule has 1 saturated heterocycles. The number of rotatable bonds is 7. The molecule has 3 aliphatic rings. The fourth-order valence-corrected chi connectivity index (χ4v) is 5.75. The smallest absolute Gasteiger partial charge is 0.250 e. The van der Waals surface area contributed by atoms with Crippen molar-refractivity contribution in [3.63, 3.8) is 0 Å². The number of hydrogen-bond donors (Lipinski definition) is 2. The predicted octanol–water partition coefficient (Wildman–Crippen LogP) is 3.28. The summed E-state index contributed by atoms with van der Waals surface area (Å²) in [7, 11) is 5.52. The summed E-state index contributed by atoms with van der Waals surface area (Å²) in [6.07, 6.45) is 2.73. The van der Waals surface area contributed by atoms with E-state index in [2.05, 4.69) is 40.3 Å². The predicted molar refractivity (Wildman–Crippen MR) is 142 cm³/mol. The fourth-order valence-electron chi connectivity index (χ4n) is 5.75. The van der Waals surface area contributed by atoms with Gasteiger partial charge in [-0.2, -0.15) is 0 Å². The number of carbonyl (C=O) groups excluding carboxylic acids is 1. The Morgan fingerprint density at radius 3 is 2.69 bits per heavy atom. The molecule has 2 aromatic carbocycles. The van der Waals surface area contributed by atoms with Crippen molar-refractivity contribution in [1.82, 2.24) is 9.80 Å². The molecule has 4 atom stereocenters. The van der Waals surface area contributed by atoms with E-state index in [1.54, 1.807) is 13.3 Å². The second kappa shape index (κ2) is 9.76. The number of aliphatic imine (C=N–C) groups is 2. The van der Waals surface area contributed by atoms with Crippen molar-refractivity contribution in [3.05, 3.63) is 53.6 Å². The van der Waals surface area contributed by atoms with Gasteiger partial charge < -0.3 is 20.1 Å². The van der Waals surface area contributed by atoms with E-state index in [0.717, 1.165) is 53.3 Å². The summed E-state index contributed by atoms with van der Waals surface area (Å²) in [5.41, 5.74) is 4.64. The number of methoxy groups -OCH3 is 1. The number of aliphatic hydroxyl groups excluding tert-OH is 1. The number of hydrogen-bond acceptors (Lipinski definition) is 7. The lowest BCUT2D eigenvalue weighted by molar-refractivity contribution is -0.122. The minimum Gasteiger partial charge on any atom is -0.497 e. The topological polar surface area (TPSA) is 89.8 Å². The average Bonchev–Trinajstić information content (AvgIpc) is 3.30. The molecule has 0 radical (unpaired) electrons. The standard InChI is InChI=1S/C28H35N5O3/c1-28(33-15-19-11-12-29-27(35)22(19)16-33)14-25(31-24-13-21(36-4)9-10-23(24)28)18-5-7-20(8-6-18)30-26(34)17-32(2)3/h5-10,12-13,19,22,26,30,34H,11,14-17H2,1-4H3. The summed E-state index contributed by atoms with van der Waals surface area (Å²) in [6, 6.07) is 14.2. The van der Waals surface area contributed by atoms with E-state index in [9.17, 15) is 9.90 Å². The van der Waals surface area contributed by atoms with Crippen molar-refractivity contribution in [2.24, 2.45) is 21.8 Å². The summed E-state index contributed by atoms with van der Waals surface area (Å²) in [6.45, 7) is 4.37. The summed E-state index contributed by atoms with van der Waals surface area (Å²) < 4.78 is 5.51. The molecule has 0 aromatic heterocycles. The van der Waals surface area contributed by atoms with Crippen LogP contribution in [0.4, 0.5) is 11.4 Å². The zero-order valence-electron chi connectivity index (χ0n) is 21.4. The Morgan fingerprint density at radius 2 is 2.00 bits per heavy atom. The number of nitrogens with one attached hydrogen (secondary N) is 1. The number of likely N-dealkylation sites (tertiary alicyclic amines) is 1. The average molecular weight is 490 g/mol. The van der Waals surface area contributed by atoms with Crippen LogP contribution in [0.5, 0.6) is 5.75 Å². The quantitative estimate of drug-likeness (QED) is 0.581. The maximum atomic E-state index is 12.5. The van der Waals surface area contributed by atoms with Gasteiger partial charge in [0.05, 0.1) is 30.0 Å². The molecule has 3 aliphatic heterocycles. The zero-order chi connectivity index (χ0) is 25.4. The summed E-state index contributed by atoms with van der Waals surface area (Å²) in [5.74, 6) is 1.07. The van der Waals surface area contributed by atoms with Crippen LogP contribution in [0.2, 0.25) is 0 Å². The highest BCUT2D eigenvalue weighted by molar-refractivity contribution is 6.04. The van der Waals surface area contributed by atoms with Gasteiger partial charge in [-0.05, 0) is 62.7 Å². The number of carbonyl (C=O) groups is 1. The van der Waals surface area contributed by atoms with Crippen LogP contribution >= 0.6 is 0 Å². The van der Waals surface area contributed by atoms with Gasteiger partial charge in [0.2, 0.25) is 5.91 Å². The van der Waals surface area contributed by atoms with Crippen molar-refractivity contribution < 1.29 is 14.6 Å². The maximum absolute atomic E-state index is 12.5. The third-order valence-corrected chi connectivity index (χ3v) is 7.72. The van der Waals surface area contributed by atoms with Crippen LogP contribution in [0.1, 0.15) is 30.9 Å². The Morgan fingerprint density at radius 1 is 1.22 bits per heavy atom. The molecule has 1 amide bonds. The Balaban J connectivity index is 1.45. The summed E-state index contributed by atoms with van der Waals surface area (Å²) >= 11 is 0. The van der Waals surface area contributed by atoms with E-state index in [-0.39, 0.29) is 17.4 Å². The van der Waals surface area contributed by atoms with Crippen molar-refractivity contribution in [1.29, 1.82) is 0 Å². The molecule has 2 N–H and O–H groups in total. The molecule has 4 unspecified atom stereocenters. The van der Waals surface area contributed by atoms with E-state index in [0.29, 0.717) is 19.0 Å². The number of ether oxygens (including phenoxy) is 1. The number of likely N-dealkylation sites (N-methyl/N-ethyl adjacent to an activating group) is 1. The first-order valence-electron chi connectivity index (χ1n) is 12.5. The maximum Gasteiger partial charge on any atom is 0.250 e. The van der Waals surface area contributed by atoms with Crippen LogP contribution < -0.4 is 10.1 Å². The van der Waals surface area contributed by atoms with Gasteiger partial charge in [-0.15, -0.1) is 0 Å². The van der Waals surface area contributed by atoms with Gasteiger partial charge in [-0.25, -0.2) is 4.99 Å². The molecule has 36 heavy (non-hydrogen) atoms. The van der Waals surface area contributed by atoms with Gasteiger partial charge in [-0.3, -0.25) is 14.7 Å². The molecule has 0 spiro atoms. The van der Waals surface area contributed by atoms with E-state index >= 15 is 0 Å². The highest BCUT2D eigenvalue weighted by Gasteiger charge is 2.48. The number of aliphatic hydroxyl groups is 1. The lowest BCUT2D eigenvalue weighted by Gasteiger charge is -2.43. The second-order valence-electron chi connectivity index (χ2n) is 10.5. The third kappa shape index (κ3) is 4.68. The largest absolute Gasteiger partial charge is 0.497 e. The second-order valence-corrected chi connectivity index (χ2v) is 10.5. The third-order valence-electron chi connectivity index (χ3n) is 7.72. The molecule has 0 bridgehead atoms. The molecular formula is C28H35N5O3.